The van der Waals surface area contributed by atoms with Gasteiger partial charge in [-0.15, -0.1) is 0 Å². The van der Waals surface area contributed by atoms with E-state index in [1.54, 1.807) is 7.11 Å². The molecule has 4 heteroatoms. The molecule has 4 nitrogen and oxygen atoms in total. The second-order valence-corrected chi connectivity index (χ2v) is 6.16. The predicted molar refractivity (Wildman–Crippen MR) is 84.6 cm³/mol. The van der Waals surface area contributed by atoms with Gasteiger partial charge < -0.3 is 14.8 Å². The van der Waals surface area contributed by atoms with Gasteiger partial charge in [0.2, 0.25) is 5.91 Å². The van der Waals surface area contributed by atoms with E-state index < -0.39 is 0 Å². The summed E-state index contributed by atoms with van der Waals surface area (Å²) in [4.78, 5) is 11.3. The van der Waals surface area contributed by atoms with Crippen LogP contribution in [0.3, 0.4) is 0 Å². The maximum atomic E-state index is 11.3. The molecule has 1 aromatic carbocycles. The number of rotatable bonds is 6. The molecule has 0 spiro atoms. The monoisotopic (exact) mass is 293 g/mol. The highest BCUT2D eigenvalue weighted by molar-refractivity contribution is 5.73. The normalized spacial score (nSPS) is 12.9. The van der Waals surface area contributed by atoms with E-state index in [0.29, 0.717) is 6.61 Å². The van der Waals surface area contributed by atoms with Gasteiger partial charge in [0.25, 0.3) is 0 Å². The number of hydrogen-bond donors (Lipinski definition) is 1. The minimum Gasteiger partial charge on any atom is -0.496 e. The van der Waals surface area contributed by atoms with Gasteiger partial charge in [0.1, 0.15) is 5.75 Å². The molecule has 21 heavy (non-hydrogen) atoms. The van der Waals surface area contributed by atoms with E-state index in [1.165, 1.54) is 6.92 Å². The lowest BCUT2D eigenvalue weighted by Gasteiger charge is -2.22. The molecule has 0 fully saturated rings. The van der Waals surface area contributed by atoms with Crippen LogP contribution in [-0.4, -0.2) is 25.2 Å². The molecule has 0 aliphatic heterocycles. The quantitative estimate of drug-likeness (QED) is 0.876. The van der Waals surface area contributed by atoms with E-state index in [2.05, 4.69) is 5.32 Å². The maximum Gasteiger partial charge on any atom is 0.217 e. The van der Waals surface area contributed by atoms with E-state index in [9.17, 15) is 4.79 Å². The van der Waals surface area contributed by atoms with Gasteiger partial charge in [0, 0.05) is 12.5 Å². The molecule has 1 aromatic rings. The van der Waals surface area contributed by atoms with Crippen LogP contribution in [0, 0.1) is 0 Å². The summed E-state index contributed by atoms with van der Waals surface area (Å²) in [6.45, 7) is 10.2. The molecular formula is C17H27NO3. The Balaban J connectivity index is 2.94. The molecule has 1 rings (SSSR count). The summed E-state index contributed by atoms with van der Waals surface area (Å²) in [5.41, 5.74) is 2.00. The fourth-order valence-corrected chi connectivity index (χ4v) is 2.29. The van der Waals surface area contributed by atoms with E-state index in [4.69, 9.17) is 9.47 Å². The summed E-state index contributed by atoms with van der Waals surface area (Å²) in [6, 6.07) is 5.86. The van der Waals surface area contributed by atoms with Gasteiger partial charge in [-0.1, -0.05) is 12.1 Å². The molecule has 0 radical (unpaired) electrons. The molecule has 1 amide bonds. The van der Waals surface area contributed by atoms with Crippen molar-refractivity contribution in [2.45, 2.75) is 52.7 Å². The van der Waals surface area contributed by atoms with Crippen molar-refractivity contribution in [3.8, 4) is 5.75 Å². The van der Waals surface area contributed by atoms with Gasteiger partial charge in [-0.05, 0) is 45.7 Å². The first-order valence-corrected chi connectivity index (χ1v) is 7.31. The Labute approximate surface area is 127 Å². The Morgan fingerprint density at radius 1 is 1.33 bits per heavy atom. The summed E-state index contributed by atoms with van der Waals surface area (Å²) in [5, 5.41) is 2.92. The highest BCUT2D eigenvalue weighted by Gasteiger charge is 2.17. The van der Waals surface area contributed by atoms with Crippen molar-refractivity contribution >= 4 is 5.91 Å². The molecule has 1 N–H and O–H groups in total. The second kappa shape index (κ2) is 7.46. The molecule has 1 atom stereocenters. The molecule has 0 aliphatic rings. The highest BCUT2D eigenvalue weighted by atomic mass is 16.5. The van der Waals surface area contributed by atoms with Crippen molar-refractivity contribution in [3.63, 3.8) is 0 Å². The van der Waals surface area contributed by atoms with Crippen molar-refractivity contribution < 1.29 is 14.3 Å². The van der Waals surface area contributed by atoms with Gasteiger partial charge in [0.05, 0.1) is 25.4 Å². The number of carbonyl (C=O) groups is 1. The van der Waals surface area contributed by atoms with E-state index >= 15 is 0 Å². The summed E-state index contributed by atoms with van der Waals surface area (Å²) >= 11 is 0. The second-order valence-electron chi connectivity index (χ2n) is 6.16. The number of nitrogens with one attached hydrogen (secondary N) is 1. The van der Waals surface area contributed by atoms with Crippen LogP contribution >= 0.6 is 0 Å². The first-order valence-electron chi connectivity index (χ1n) is 7.31. The number of hydrogen-bond acceptors (Lipinski definition) is 3. The van der Waals surface area contributed by atoms with E-state index in [1.807, 2.05) is 45.9 Å². The lowest BCUT2D eigenvalue weighted by Crippen LogP contribution is -2.25. The Morgan fingerprint density at radius 2 is 2.00 bits per heavy atom. The van der Waals surface area contributed by atoms with Gasteiger partial charge in [-0.3, -0.25) is 4.79 Å². The number of amides is 1. The van der Waals surface area contributed by atoms with Crippen molar-refractivity contribution in [3.05, 3.63) is 29.3 Å². The van der Waals surface area contributed by atoms with Gasteiger partial charge in [-0.2, -0.15) is 0 Å². The third-order valence-electron chi connectivity index (χ3n) is 3.16. The van der Waals surface area contributed by atoms with Crippen LogP contribution in [0.5, 0.6) is 5.75 Å². The zero-order chi connectivity index (χ0) is 16.0. The van der Waals surface area contributed by atoms with Crippen LogP contribution in [-0.2, 0) is 16.0 Å². The van der Waals surface area contributed by atoms with E-state index in [0.717, 1.165) is 23.3 Å². The molecule has 0 aliphatic carbocycles. The maximum absolute atomic E-state index is 11.3. The molecule has 0 saturated heterocycles. The third-order valence-corrected chi connectivity index (χ3v) is 3.16. The lowest BCUT2D eigenvalue weighted by atomic mass is 9.98. The minimum atomic E-state index is -0.161. The fourth-order valence-electron chi connectivity index (χ4n) is 2.29. The Kier molecular flexibility index (Phi) is 6.21. The topological polar surface area (TPSA) is 47.6 Å². The smallest absolute Gasteiger partial charge is 0.217 e. The minimum absolute atomic E-state index is 0.0396. The predicted octanol–water partition coefficient (Wildman–Crippen LogP) is 3.25. The number of ether oxygens (including phenoxy) is 2. The summed E-state index contributed by atoms with van der Waals surface area (Å²) in [7, 11) is 1.66. The van der Waals surface area contributed by atoms with Crippen LogP contribution < -0.4 is 10.1 Å². The largest absolute Gasteiger partial charge is 0.496 e. The molecule has 0 heterocycles. The highest BCUT2D eigenvalue weighted by Crippen LogP contribution is 2.28. The molecular weight excluding hydrogens is 266 g/mol. The van der Waals surface area contributed by atoms with Crippen LogP contribution in [0.1, 0.15) is 51.8 Å². The van der Waals surface area contributed by atoms with E-state index in [-0.39, 0.29) is 17.6 Å². The molecule has 1 unspecified atom stereocenters. The number of carbonyl (C=O) groups excluding carboxylic acids is 1. The zero-order valence-corrected chi connectivity index (χ0v) is 13.9. The van der Waals surface area contributed by atoms with Gasteiger partial charge in [-0.25, -0.2) is 0 Å². The van der Waals surface area contributed by atoms with Crippen LogP contribution in [0.2, 0.25) is 0 Å². The molecule has 0 saturated carbocycles. The molecule has 118 valence electrons. The number of methoxy groups -OCH3 is 1. The average molecular weight is 293 g/mol. The SMILES string of the molecule is COc1cccc(C(C)NC(C)=O)c1CCOC(C)(C)C. The van der Waals surface area contributed by atoms with Gasteiger partial charge in [0.15, 0.2) is 0 Å². The fraction of sp³-hybridized carbons (Fsp3) is 0.588. The molecule has 0 bridgehead atoms. The average Bonchev–Trinajstić information content (AvgIpc) is 2.36. The molecule has 0 aromatic heterocycles. The van der Waals surface area contributed by atoms with Crippen LogP contribution in [0.15, 0.2) is 18.2 Å². The Bertz CT molecular complexity index is 477. The summed E-state index contributed by atoms with van der Waals surface area (Å²) < 4.78 is 11.3. The number of benzene rings is 1. The van der Waals surface area contributed by atoms with Crippen LogP contribution in [0.25, 0.3) is 0 Å². The van der Waals surface area contributed by atoms with Crippen molar-refractivity contribution in [1.29, 1.82) is 0 Å². The summed E-state index contributed by atoms with van der Waals surface area (Å²) in [6.07, 6.45) is 0.751. The third kappa shape index (κ3) is 5.76. The Hall–Kier alpha value is -1.55. The van der Waals surface area contributed by atoms with Crippen LogP contribution in [0.4, 0.5) is 0 Å². The standard InChI is InChI=1S/C17H27NO3/c1-12(18-13(2)19)14-8-7-9-16(20-6)15(14)10-11-21-17(3,4)5/h7-9,12H,10-11H2,1-6H3,(H,18,19). The zero-order valence-electron chi connectivity index (χ0n) is 13.9. The first kappa shape index (κ1) is 17.5. The Morgan fingerprint density at radius 3 is 2.52 bits per heavy atom. The summed E-state index contributed by atoms with van der Waals surface area (Å²) in [5.74, 6) is 0.796. The van der Waals surface area contributed by atoms with Crippen molar-refractivity contribution in [1.82, 2.24) is 5.32 Å². The van der Waals surface area contributed by atoms with Crippen molar-refractivity contribution in [2.24, 2.45) is 0 Å². The first-order chi connectivity index (χ1) is 9.74. The lowest BCUT2D eigenvalue weighted by molar-refractivity contribution is -0.119. The van der Waals surface area contributed by atoms with Crippen molar-refractivity contribution in [2.75, 3.05) is 13.7 Å². The van der Waals surface area contributed by atoms with Gasteiger partial charge >= 0.3 is 0 Å².